The van der Waals surface area contributed by atoms with E-state index in [1.54, 1.807) is 12.1 Å². The Morgan fingerprint density at radius 1 is 1.06 bits per heavy atom. The minimum absolute atomic E-state index is 0.0598. The molecule has 0 aliphatic rings. The monoisotopic (exact) mass is 426 g/mol. The van der Waals surface area contributed by atoms with Crippen molar-refractivity contribution in [3.05, 3.63) is 59.3 Å². The molecular weight excluding hydrogens is 405 g/mol. The van der Waals surface area contributed by atoms with Gasteiger partial charge >= 0.3 is 6.18 Å². The maximum Gasteiger partial charge on any atom is 0.416 e. The van der Waals surface area contributed by atoms with Gasteiger partial charge in [-0.3, -0.25) is 0 Å². The van der Waals surface area contributed by atoms with E-state index in [0.717, 1.165) is 12.1 Å². The molecule has 3 aromatic rings. The summed E-state index contributed by atoms with van der Waals surface area (Å²) in [4.78, 5) is 12.6. The Morgan fingerprint density at radius 2 is 1.84 bits per heavy atom. The second-order valence-electron chi connectivity index (χ2n) is 7.23. The van der Waals surface area contributed by atoms with Crippen LogP contribution in [0, 0.1) is 17.8 Å². The summed E-state index contributed by atoms with van der Waals surface area (Å²) in [5.74, 6) is 6.69. The van der Waals surface area contributed by atoms with Crippen molar-refractivity contribution in [1.29, 1.82) is 0 Å². The number of aromatic nitrogens is 3. The summed E-state index contributed by atoms with van der Waals surface area (Å²) < 4.78 is 39.7. The smallest absolute Gasteiger partial charge is 0.384 e. The first-order chi connectivity index (χ1) is 14.6. The van der Waals surface area contributed by atoms with Crippen molar-refractivity contribution in [2.45, 2.75) is 20.0 Å². The molecule has 0 amide bonds. The van der Waals surface area contributed by atoms with Gasteiger partial charge in [-0.2, -0.15) is 18.2 Å². The minimum atomic E-state index is -4.49. The molecule has 0 saturated heterocycles. The summed E-state index contributed by atoms with van der Waals surface area (Å²) in [5, 5.41) is 3.05. The number of anilines is 3. The van der Waals surface area contributed by atoms with Gasteiger partial charge in [-0.15, -0.1) is 0 Å². The quantitative estimate of drug-likeness (QED) is 0.541. The fraction of sp³-hybridized carbons (Fsp3) is 0.227. The first kappa shape index (κ1) is 21.9. The number of nitrogens with two attached hydrogens (primary N) is 2. The van der Waals surface area contributed by atoms with Crippen LogP contribution < -0.4 is 16.8 Å². The van der Waals surface area contributed by atoms with Gasteiger partial charge in [0.15, 0.2) is 0 Å². The molecule has 0 unspecified atom stereocenters. The van der Waals surface area contributed by atoms with E-state index in [1.807, 2.05) is 13.8 Å². The zero-order chi connectivity index (χ0) is 22.6. The fourth-order valence-corrected chi connectivity index (χ4v) is 2.64. The molecule has 0 spiro atoms. The largest absolute Gasteiger partial charge is 0.416 e. The third-order valence-electron chi connectivity index (χ3n) is 4.19. The number of benzene rings is 1. The van der Waals surface area contributed by atoms with Crippen LogP contribution in [0.2, 0.25) is 0 Å². The average Bonchev–Trinajstić information content (AvgIpc) is 2.72. The average molecular weight is 426 g/mol. The van der Waals surface area contributed by atoms with Gasteiger partial charge in [-0.1, -0.05) is 37.8 Å². The number of nitrogens with zero attached hydrogens (tertiary/aromatic N) is 3. The van der Waals surface area contributed by atoms with Crippen molar-refractivity contribution >= 4 is 17.6 Å². The van der Waals surface area contributed by atoms with Crippen LogP contribution in [-0.2, 0) is 6.18 Å². The van der Waals surface area contributed by atoms with Crippen molar-refractivity contribution in [2.75, 3.05) is 23.3 Å². The van der Waals surface area contributed by atoms with E-state index >= 15 is 0 Å². The molecule has 0 fully saturated rings. The standard InChI is InChI=1S/C22H21F3N6/c1-13(2)11-29-21-30-19(15-4-3-5-16(10-15)22(23,24)25)17(20(27)31-21)8-6-14-7-9-18(26)28-12-14/h3-5,7,9-10,12-13H,11H2,1-2H3,(H2,26,28)(H3,27,29,30,31). The first-order valence-corrected chi connectivity index (χ1v) is 9.46. The molecule has 0 radical (unpaired) electrons. The Hall–Kier alpha value is -3.80. The van der Waals surface area contributed by atoms with Crippen molar-refractivity contribution < 1.29 is 13.2 Å². The summed E-state index contributed by atoms with van der Waals surface area (Å²) in [7, 11) is 0. The van der Waals surface area contributed by atoms with Crippen LogP contribution >= 0.6 is 0 Å². The van der Waals surface area contributed by atoms with E-state index < -0.39 is 11.7 Å². The fourth-order valence-electron chi connectivity index (χ4n) is 2.64. The molecule has 5 N–H and O–H groups in total. The molecule has 2 heterocycles. The highest BCUT2D eigenvalue weighted by molar-refractivity contribution is 5.75. The zero-order valence-corrected chi connectivity index (χ0v) is 17.0. The van der Waals surface area contributed by atoms with Gasteiger partial charge in [0.25, 0.3) is 0 Å². The second-order valence-corrected chi connectivity index (χ2v) is 7.23. The van der Waals surface area contributed by atoms with Gasteiger partial charge in [-0.25, -0.2) is 9.97 Å². The van der Waals surface area contributed by atoms with Crippen LogP contribution in [0.3, 0.4) is 0 Å². The summed E-state index contributed by atoms with van der Waals surface area (Å²) in [6.07, 6.45) is -3.00. The molecule has 0 saturated carbocycles. The van der Waals surface area contributed by atoms with Crippen LogP contribution in [0.15, 0.2) is 42.6 Å². The van der Waals surface area contributed by atoms with E-state index in [4.69, 9.17) is 11.5 Å². The minimum Gasteiger partial charge on any atom is -0.384 e. The predicted molar refractivity (Wildman–Crippen MR) is 115 cm³/mol. The van der Waals surface area contributed by atoms with Crippen molar-refractivity contribution in [3.63, 3.8) is 0 Å². The Balaban J connectivity index is 2.13. The molecule has 9 heteroatoms. The lowest BCUT2D eigenvalue weighted by atomic mass is 10.0. The number of hydrogen-bond donors (Lipinski definition) is 3. The lowest BCUT2D eigenvalue weighted by Crippen LogP contribution is -2.13. The number of alkyl halides is 3. The number of halogens is 3. The third-order valence-corrected chi connectivity index (χ3v) is 4.19. The summed E-state index contributed by atoms with van der Waals surface area (Å²) >= 11 is 0. The van der Waals surface area contributed by atoms with Crippen LogP contribution in [0.5, 0.6) is 0 Å². The Morgan fingerprint density at radius 3 is 2.48 bits per heavy atom. The van der Waals surface area contributed by atoms with Crippen LogP contribution in [-0.4, -0.2) is 21.5 Å². The van der Waals surface area contributed by atoms with Gasteiger partial charge in [0, 0.05) is 23.9 Å². The molecule has 31 heavy (non-hydrogen) atoms. The van der Waals surface area contributed by atoms with E-state index in [1.165, 1.54) is 18.3 Å². The second kappa shape index (κ2) is 8.92. The van der Waals surface area contributed by atoms with Gasteiger partial charge < -0.3 is 16.8 Å². The van der Waals surface area contributed by atoms with E-state index in [2.05, 4.69) is 32.1 Å². The van der Waals surface area contributed by atoms with E-state index in [9.17, 15) is 13.2 Å². The topological polar surface area (TPSA) is 103 Å². The molecule has 0 atom stereocenters. The maximum absolute atomic E-state index is 13.2. The van der Waals surface area contributed by atoms with Crippen molar-refractivity contribution in [2.24, 2.45) is 5.92 Å². The normalized spacial score (nSPS) is 11.2. The predicted octanol–water partition coefficient (Wildman–Crippen LogP) is 4.19. The van der Waals surface area contributed by atoms with Crippen molar-refractivity contribution in [3.8, 4) is 23.1 Å². The van der Waals surface area contributed by atoms with E-state index in [0.29, 0.717) is 23.8 Å². The SMILES string of the molecule is CC(C)CNc1nc(N)c(C#Cc2ccc(N)nc2)c(-c2cccc(C(F)(F)F)c2)n1. The highest BCUT2D eigenvalue weighted by Crippen LogP contribution is 2.33. The maximum atomic E-state index is 13.2. The molecule has 2 aromatic heterocycles. The van der Waals surface area contributed by atoms with Gasteiger partial charge in [0.1, 0.15) is 11.6 Å². The Kier molecular flexibility index (Phi) is 6.30. The molecule has 3 rings (SSSR count). The molecule has 0 aliphatic carbocycles. The van der Waals surface area contributed by atoms with Gasteiger partial charge in [0.2, 0.25) is 5.95 Å². The summed E-state index contributed by atoms with van der Waals surface area (Å²) in [6.45, 7) is 4.58. The molecule has 0 bridgehead atoms. The number of nitrogens with one attached hydrogen (secondary N) is 1. The number of rotatable bonds is 4. The highest BCUT2D eigenvalue weighted by atomic mass is 19.4. The lowest BCUT2D eigenvalue weighted by molar-refractivity contribution is -0.137. The molecular formula is C22H21F3N6. The third kappa shape index (κ3) is 5.63. The number of hydrogen-bond acceptors (Lipinski definition) is 6. The molecule has 1 aromatic carbocycles. The first-order valence-electron chi connectivity index (χ1n) is 9.46. The number of pyridine rings is 1. The van der Waals surface area contributed by atoms with Gasteiger partial charge in [0.05, 0.1) is 16.8 Å². The van der Waals surface area contributed by atoms with E-state index in [-0.39, 0.29) is 28.6 Å². The Labute approximate surface area is 177 Å². The van der Waals surface area contributed by atoms with Crippen LogP contribution in [0.1, 0.15) is 30.5 Å². The highest BCUT2D eigenvalue weighted by Gasteiger charge is 2.30. The Bertz CT molecular complexity index is 1130. The van der Waals surface area contributed by atoms with Crippen molar-refractivity contribution in [1.82, 2.24) is 15.0 Å². The molecule has 6 nitrogen and oxygen atoms in total. The van der Waals surface area contributed by atoms with Crippen LogP contribution in [0.4, 0.5) is 30.8 Å². The van der Waals surface area contributed by atoms with Crippen LogP contribution in [0.25, 0.3) is 11.3 Å². The molecule has 0 aliphatic heterocycles. The van der Waals surface area contributed by atoms with Gasteiger partial charge in [-0.05, 0) is 30.2 Å². The number of nitrogen functional groups attached to an aromatic ring is 2. The summed E-state index contributed by atoms with van der Waals surface area (Å²) in [5.41, 5.74) is 12.1. The molecule has 160 valence electrons. The lowest BCUT2D eigenvalue weighted by Gasteiger charge is -2.13. The zero-order valence-electron chi connectivity index (χ0n) is 17.0. The summed E-state index contributed by atoms with van der Waals surface area (Å²) in [6, 6.07) is 8.13.